The van der Waals surface area contributed by atoms with Crippen LogP contribution in [0.15, 0.2) is 18.2 Å². The first-order chi connectivity index (χ1) is 7.04. The number of nitrogens with one attached hydrogen (secondary N) is 2. The minimum absolute atomic E-state index is 0.0942. The van der Waals surface area contributed by atoms with E-state index in [0.29, 0.717) is 10.7 Å². The Balaban J connectivity index is 2.77. The molecule has 82 valence electrons. The lowest BCUT2D eigenvalue weighted by molar-refractivity contribution is -0.117. The maximum absolute atomic E-state index is 11.5. The van der Waals surface area contributed by atoms with Gasteiger partial charge in [0.2, 0.25) is 5.91 Å². The van der Waals surface area contributed by atoms with Crippen molar-refractivity contribution in [1.29, 1.82) is 0 Å². The molecule has 2 N–H and O–H groups in total. The summed E-state index contributed by atoms with van der Waals surface area (Å²) in [6, 6.07) is 5.30. The van der Waals surface area contributed by atoms with Crippen LogP contribution in [0.5, 0.6) is 0 Å². The van der Waals surface area contributed by atoms with Crippen LogP contribution in [0.3, 0.4) is 0 Å². The van der Waals surface area contributed by atoms with Gasteiger partial charge in [-0.05, 0) is 38.6 Å². The van der Waals surface area contributed by atoms with E-state index in [4.69, 9.17) is 11.6 Å². The van der Waals surface area contributed by atoms with Crippen molar-refractivity contribution in [3.63, 3.8) is 0 Å². The van der Waals surface area contributed by atoms with Gasteiger partial charge in [-0.25, -0.2) is 0 Å². The Morgan fingerprint density at radius 1 is 1.47 bits per heavy atom. The molecule has 0 saturated heterocycles. The van der Waals surface area contributed by atoms with Crippen LogP contribution in [0, 0.1) is 6.92 Å². The van der Waals surface area contributed by atoms with E-state index in [-0.39, 0.29) is 11.9 Å². The molecule has 1 aromatic carbocycles. The van der Waals surface area contributed by atoms with Crippen molar-refractivity contribution in [3.05, 3.63) is 28.8 Å². The molecule has 4 heteroatoms. The number of halogens is 1. The SMILES string of the molecule is CNC(C)C(=O)Nc1ccc(C)cc1Cl. The summed E-state index contributed by atoms with van der Waals surface area (Å²) in [4.78, 5) is 11.5. The Kier molecular flexibility index (Phi) is 4.12. The summed E-state index contributed by atoms with van der Waals surface area (Å²) >= 11 is 5.99. The minimum atomic E-state index is -0.234. The number of hydrogen-bond acceptors (Lipinski definition) is 2. The molecule has 0 aliphatic rings. The summed E-state index contributed by atoms with van der Waals surface area (Å²) in [5, 5.41) is 6.18. The molecule has 3 nitrogen and oxygen atoms in total. The molecule has 0 fully saturated rings. The Hall–Kier alpha value is -1.06. The second kappa shape index (κ2) is 5.14. The normalized spacial score (nSPS) is 12.3. The van der Waals surface area contributed by atoms with Crippen LogP contribution < -0.4 is 10.6 Å². The lowest BCUT2D eigenvalue weighted by Gasteiger charge is -2.12. The van der Waals surface area contributed by atoms with Gasteiger partial charge in [0.1, 0.15) is 0 Å². The molecule has 0 heterocycles. The molecule has 1 rings (SSSR count). The number of benzene rings is 1. The van der Waals surface area contributed by atoms with E-state index in [1.54, 1.807) is 20.0 Å². The molecule has 0 aromatic heterocycles. The van der Waals surface area contributed by atoms with Gasteiger partial charge in [-0.15, -0.1) is 0 Å². The summed E-state index contributed by atoms with van der Waals surface area (Å²) < 4.78 is 0. The zero-order chi connectivity index (χ0) is 11.4. The van der Waals surface area contributed by atoms with Crippen LogP contribution >= 0.6 is 11.6 Å². The summed E-state index contributed by atoms with van der Waals surface area (Å²) in [5.41, 5.74) is 1.72. The second-order valence-electron chi connectivity index (χ2n) is 3.48. The van der Waals surface area contributed by atoms with Crippen molar-refractivity contribution in [2.45, 2.75) is 19.9 Å². The van der Waals surface area contributed by atoms with Crippen LogP contribution in [0.1, 0.15) is 12.5 Å². The standard InChI is InChI=1S/C11H15ClN2O/c1-7-4-5-10(9(12)6-7)14-11(15)8(2)13-3/h4-6,8,13H,1-3H3,(H,14,15). The fourth-order valence-electron chi connectivity index (χ4n) is 1.09. The highest BCUT2D eigenvalue weighted by Gasteiger charge is 2.11. The van der Waals surface area contributed by atoms with Crippen molar-refractivity contribution >= 4 is 23.2 Å². The number of anilines is 1. The van der Waals surface area contributed by atoms with Gasteiger partial charge in [0.15, 0.2) is 0 Å². The van der Waals surface area contributed by atoms with E-state index in [9.17, 15) is 4.79 Å². The molecule has 1 aromatic rings. The number of hydrogen-bond donors (Lipinski definition) is 2. The first kappa shape index (κ1) is 12.0. The molecule has 0 bridgehead atoms. The van der Waals surface area contributed by atoms with Crippen LogP contribution in [-0.2, 0) is 4.79 Å². The van der Waals surface area contributed by atoms with Crippen molar-refractivity contribution in [3.8, 4) is 0 Å². The Morgan fingerprint density at radius 3 is 2.67 bits per heavy atom. The Bertz CT molecular complexity index is 366. The highest BCUT2D eigenvalue weighted by atomic mass is 35.5. The average Bonchev–Trinajstić information content (AvgIpc) is 2.20. The topological polar surface area (TPSA) is 41.1 Å². The third-order valence-electron chi connectivity index (χ3n) is 2.21. The van der Waals surface area contributed by atoms with E-state index in [1.165, 1.54) is 0 Å². The largest absolute Gasteiger partial charge is 0.323 e. The monoisotopic (exact) mass is 226 g/mol. The number of amides is 1. The first-order valence-electron chi connectivity index (χ1n) is 4.79. The van der Waals surface area contributed by atoms with Crippen molar-refractivity contribution < 1.29 is 4.79 Å². The zero-order valence-corrected chi connectivity index (χ0v) is 9.85. The number of rotatable bonds is 3. The van der Waals surface area contributed by atoms with Gasteiger partial charge < -0.3 is 10.6 Å². The Labute approximate surface area is 94.8 Å². The van der Waals surface area contributed by atoms with Gasteiger partial charge in [0.05, 0.1) is 16.8 Å². The van der Waals surface area contributed by atoms with E-state index in [2.05, 4.69) is 10.6 Å². The van der Waals surface area contributed by atoms with E-state index in [1.807, 2.05) is 19.1 Å². The zero-order valence-electron chi connectivity index (χ0n) is 9.10. The van der Waals surface area contributed by atoms with Crippen molar-refractivity contribution in [2.75, 3.05) is 12.4 Å². The number of likely N-dealkylation sites (N-methyl/N-ethyl adjacent to an activating group) is 1. The van der Waals surface area contributed by atoms with Gasteiger partial charge in [-0.1, -0.05) is 17.7 Å². The average molecular weight is 227 g/mol. The molecule has 0 saturated carbocycles. The Morgan fingerprint density at radius 2 is 2.13 bits per heavy atom. The number of carbonyl (C=O) groups is 1. The maximum Gasteiger partial charge on any atom is 0.241 e. The molecule has 1 unspecified atom stereocenters. The molecule has 1 amide bonds. The van der Waals surface area contributed by atoms with Crippen molar-refractivity contribution in [1.82, 2.24) is 5.32 Å². The predicted molar refractivity (Wildman–Crippen MR) is 63.3 cm³/mol. The molecular formula is C11H15ClN2O. The summed E-state index contributed by atoms with van der Waals surface area (Å²) in [6.45, 7) is 3.74. The quantitative estimate of drug-likeness (QED) is 0.830. The molecule has 1 atom stereocenters. The molecule has 0 spiro atoms. The minimum Gasteiger partial charge on any atom is -0.323 e. The summed E-state index contributed by atoms with van der Waals surface area (Å²) in [5.74, 6) is -0.0942. The van der Waals surface area contributed by atoms with Crippen molar-refractivity contribution in [2.24, 2.45) is 0 Å². The lowest BCUT2D eigenvalue weighted by Crippen LogP contribution is -2.35. The summed E-state index contributed by atoms with van der Waals surface area (Å²) in [6.07, 6.45) is 0. The lowest BCUT2D eigenvalue weighted by atomic mass is 10.2. The fraction of sp³-hybridized carbons (Fsp3) is 0.364. The molecule has 0 aliphatic carbocycles. The van der Waals surface area contributed by atoms with Crippen LogP contribution in [-0.4, -0.2) is 19.0 Å². The smallest absolute Gasteiger partial charge is 0.241 e. The highest BCUT2D eigenvalue weighted by molar-refractivity contribution is 6.33. The highest BCUT2D eigenvalue weighted by Crippen LogP contribution is 2.22. The molecule has 0 aliphatic heterocycles. The third kappa shape index (κ3) is 3.22. The van der Waals surface area contributed by atoms with E-state index >= 15 is 0 Å². The third-order valence-corrected chi connectivity index (χ3v) is 2.52. The predicted octanol–water partition coefficient (Wildman–Crippen LogP) is 2.19. The fourth-order valence-corrected chi connectivity index (χ4v) is 1.38. The van der Waals surface area contributed by atoms with E-state index < -0.39 is 0 Å². The number of carbonyl (C=O) groups excluding carboxylic acids is 1. The maximum atomic E-state index is 11.5. The van der Waals surface area contributed by atoms with Gasteiger partial charge in [-0.2, -0.15) is 0 Å². The van der Waals surface area contributed by atoms with Gasteiger partial charge in [0, 0.05) is 0 Å². The van der Waals surface area contributed by atoms with Crippen LogP contribution in [0.25, 0.3) is 0 Å². The van der Waals surface area contributed by atoms with E-state index in [0.717, 1.165) is 5.56 Å². The molecule has 15 heavy (non-hydrogen) atoms. The number of aryl methyl sites for hydroxylation is 1. The molecule has 0 radical (unpaired) electrons. The van der Waals surface area contributed by atoms with Crippen LogP contribution in [0.2, 0.25) is 5.02 Å². The second-order valence-corrected chi connectivity index (χ2v) is 3.89. The molecular weight excluding hydrogens is 212 g/mol. The van der Waals surface area contributed by atoms with Crippen LogP contribution in [0.4, 0.5) is 5.69 Å². The summed E-state index contributed by atoms with van der Waals surface area (Å²) in [7, 11) is 1.74. The van der Waals surface area contributed by atoms with Gasteiger partial charge in [-0.3, -0.25) is 4.79 Å². The van der Waals surface area contributed by atoms with Gasteiger partial charge >= 0.3 is 0 Å². The van der Waals surface area contributed by atoms with Gasteiger partial charge in [0.25, 0.3) is 0 Å². The first-order valence-corrected chi connectivity index (χ1v) is 5.16.